The molecule has 10 heteroatoms. The Labute approximate surface area is 136 Å². The van der Waals surface area contributed by atoms with Gasteiger partial charge in [-0.1, -0.05) is 6.92 Å². The van der Waals surface area contributed by atoms with Crippen molar-refractivity contribution >= 4 is 11.8 Å². The summed E-state index contributed by atoms with van der Waals surface area (Å²) < 4.78 is 51.7. The first-order chi connectivity index (χ1) is 11.2. The fraction of sp³-hybridized carbons (Fsp3) is 0.857. The number of rotatable bonds is 2. The highest BCUT2D eigenvalue weighted by Crippen LogP contribution is 2.47. The van der Waals surface area contributed by atoms with E-state index in [1.165, 1.54) is 4.90 Å². The molecular weight excluding hydrogens is 332 g/mol. The monoisotopic (exact) mass is 352 g/mol. The summed E-state index contributed by atoms with van der Waals surface area (Å²) in [4.78, 5) is 26.8. The minimum Gasteiger partial charge on any atom is -0.334 e. The zero-order chi connectivity index (χ0) is 17.7. The van der Waals surface area contributed by atoms with Gasteiger partial charge in [0.25, 0.3) is 0 Å². The Morgan fingerprint density at radius 3 is 2.38 bits per heavy atom. The summed E-state index contributed by atoms with van der Waals surface area (Å²) >= 11 is 0. The van der Waals surface area contributed by atoms with Crippen molar-refractivity contribution in [2.75, 3.05) is 26.3 Å². The van der Waals surface area contributed by atoms with Crippen LogP contribution in [0.25, 0.3) is 0 Å². The molecule has 3 rings (SSSR count). The molecule has 0 bridgehead atoms. The topological polar surface area (TPSA) is 55.9 Å². The first-order valence-electron chi connectivity index (χ1n) is 8.01. The summed E-state index contributed by atoms with van der Waals surface area (Å²) in [6.07, 6.45) is -3.60. The summed E-state index contributed by atoms with van der Waals surface area (Å²) in [6.45, 7) is 1.58. The lowest BCUT2D eigenvalue weighted by Gasteiger charge is -2.47. The van der Waals surface area contributed by atoms with Gasteiger partial charge in [0.2, 0.25) is 5.91 Å². The van der Waals surface area contributed by atoms with Crippen molar-refractivity contribution in [3.63, 3.8) is 0 Å². The predicted molar refractivity (Wildman–Crippen MR) is 75.1 cm³/mol. The Bertz CT molecular complexity index is 537. The third-order valence-electron chi connectivity index (χ3n) is 5.13. The fourth-order valence-electron chi connectivity index (χ4n) is 3.57. The Hall–Kier alpha value is -1.42. The molecule has 3 aliphatic rings. The lowest BCUT2D eigenvalue weighted by Crippen LogP contribution is -2.66. The minimum atomic E-state index is -4.91. The van der Waals surface area contributed by atoms with Gasteiger partial charge in [0.15, 0.2) is 0 Å². The SMILES string of the molecule is CCC1CN(C(=O)C(F)(F)F)C2(CC2)CN1C(=O)C1CN(F)CN1. The van der Waals surface area contributed by atoms with Crippen LogP contribution in [-0.4, -0.2) is 76.8 Å². The first-order valence-corrected chi connectivity index (χ1v) is 8.01. The number of nitrogens with one attached hydrogen (secondary N) is 1. The van der Waals surface area contributed by atoms with E-state index in [2.05, 4.69) is 5.32 Å². The smallest absolute Gasteiger partial charge is 0.334 e. The molecule has 2 heterocycles. The third-order valence-corrected chi connectivity index (χ3v) is 5.13. The molecule has 136 valence electrons. The van der Waals surface area contributed by atoms with Crippen LogP contribution in [0, 0.1) is 0 Å². The molecule has 1 saturated carbocycles. The van der Waals surface area contributed by atoms with Crippen LogP contribution in [0.2, 0.25) is 0 Å². The van der Waals surface area contributed by atoms with E-state index < -0.39 is 29.7 Å². The van der Waals surface area contributed by atoms with E-state index in [0.717, 1.165) is 4.90 Å². The van der Waals surface area contributed by atoms with E-state index in [0.29, 0.717) is 24.4 Å². The van der Waals surface area contributed by atoms with Crippen molar-refractivity contribution in [1.29, 1.82) is 0 Å². The van der Waals surface area contributed by atoms with E-state index in [-0.39, 0.29) is 32.2 Å². The number of piperazine rings is 1. The second kappa shape index (κ2) is 5.83. The number of hydrogen-bond donors (Lipinski definition) is 1. The van der Waals surface area contributed by atoms with Crippen LogP contribution in [-0.2, 0) is 9.59 Å². The zero-order valence-electron chi connectivity index (χ0n) is 13.3. The molecule has 2 amide bonds. The van der Waals surface area contributed by atoms with Crippen LogP contribution in [0.3, 0.4) is 0 Å². The average molecular weight is 352 g/mol. The molecule has 6 nitrogen and oxygen atoms in total. The lowest BCUT2D eigenvalue weighted by molar-refractivity contribution is -0.193. The van der Waals surface area contributed by atoms with Crippen molar-refractivity contribution in [2.45, 2.75) is 50.0 Å². The lowest BCUT2D eigenvalue weighted by atomic mass is 10.0. The molecule has 2 aliphatic heterocycles. The van der Waals surface area contributed by atoms with E-state index in [4.69, 9.17) is 0 Å². The second-order valence-electron chi connectivity index (χ2n) is 6.73. The normalized spacial score (nSPS) is 30.0. The van der Waals surface area contributed by atoms with Crippen molar-refractivity contribution in [3.8, 4) is 0 Å². The summed E-state index contributed by atoms with van der Waals surface area (Å²) in [5.74, 6) is -2.15. The van der Waals surface area contributed by atoms with Gasteiger partial charge in [-0.3, -0.25) is 14.9 Å². The maximum atomic E-state index is 13.2. The van der Waals surface area contributed by atoms with Crippen LogP contribution in [0.5, 0.6) is 0 Å². The average Bonchev–Trinajstić information content (AvgIpc) is 3.15. The van der Waals surface area contributed by atoms with Gasteiger partial charge in [-0.15, -0.1) is 9.60 Å². The van der Waals surface area contributed by atoms with Gasteiger partial charge < -0.3 is 9.80 Å². The maximum absolute atomic E-state index is 13.2. The van der Waals surface area contributed by atoms with Gasteiger partial charge in [0.05, 0.1) is 18.8 Å². The highest BCUT2D eigenvalue weighted by atomic mass is 19.4. The number of halogens is 4. The van der Waals surface area contributed by atoms with Gasteiger partial charge in [0, 0.05) is 19.1 Å². The first kappa shape index (κ1) is 17.4. The summed E-state index contributed by atoms with van der Waals surface area (Å²) in [7, 11) is 0. The molecule has 0 radical (unpaired) electrons. The molecule has 0 aromatic rings. The van der Waals surface area contributed by atoms with E-state index in [9.17, 15) is 27.2 Å². The van der Waals surface area contributed by atoms with Crippen LogP contribution < -0.4 is 5.32 Å². The fourth-order valence-corrected chi connectivity index (χ4v) is 3.57. The molecule has 24 heavy (non-hydrogen) atoms. The van der Waals surface area contributed by atoms with Gasteiger partial charge in [-0.2, -0.15) is 13.2 Å². The standard InChI is InChI=1S/C14H20F4N4O2/c1-2-9-5-22(12(24)14(15,16)17)13(3-4-13)7-21(9)11(23)10-6-20(18)8-19-10/h9-10,19H,2-8H2,1H3. The summed E-state index contributed by atoms with van der Waals surface area (Å²) in [5.41, 5.74) is -0.915. The largest absolute Gasteiger partial charge is 0.471 e. The Morgan fingerprint density at radius 2 is 1.92 bits per heavy atom. The molecular formula is C14H20F4N4O2. The molecule has 1 spiro atoms. The van der Waals surface area contributed by atoms with Gasteiger partial charge in [-0.05, 0) is 19.3 Å². The molecule has 1 aliphatic carbocycles. The molecule has 1 N–H and O–H groups in total. The molecule has 0 aromatic heterocycles. The van der Waals surface area contributed by atoms with Crippen molar-refractivity contribution in [3.05, 3.63) is 0 Å². The molecule has 2 saturated heterocycles. The minimum absolute atomic E-state index is 0.0507. The molecule has 2 unspecified atom stereocenters. The molecule has 0 aromatic carbocycles. The van der Waals surface area contributed by atoms with E-state index in [1.807, 2.05) is 0 Å². The molecule has 2 atom stereocenters. The number of amides is 2. The summed E-state index contributed by atoms with van der Waals surface area (Å²) in [6, 6.07) is -1.20. The number of alkyl halides is 3. The highest BCUT2D eigenvalue weighted by molar-refractivity contribution is 5.85. The van der Waals surface area contributed by atoms with Gasteiger partial charge in [-0.25, -0.2) is 0 Å². The van der Waals surface area contributed by atoms with E-state index >= 15 is 0 Å². The highest BCUT2D eigenvalue weighted by Gasteiger charge is 2.60. The van der Waals surface area contributed by atoms with Crippen LogP contribution in [0.1, 0.15) is 26.2 Å². The van der Waals surface area contributed by atoms with Crippen LogP contribution >= 0.6 is 0 Å². The maximum Gasteiger partial charge on any atom is 0.471 e. The second-order valence-corrected chi connectivity index (χ2v) is 6.73. The third kappa shape index (κ3) is 2.97. The quantitative estimate of drug-likeness (QED) is 0.586. The Kier molecular flexibility index (Phi) is 4.23. The molecule has 3 fully saturated rings. The van der Waals surface area contributed by atoms with E-state index in [1.54, 1.807) is 6.92 Å². The van der Waals surface area contributed by atoms with Gasteiger partial charge in [0.1, 0.15) is 6.04 Å². The number of carbonyl (C=O) groups is 2. The van der Waals surface area contributed by atoms with Crippen molar-refractivity contribution < 1.29 is 27.2 Å². The number of nitrogens with zero attached hydrogens (tertiary/aromatic N) is 3. The number of carbonyl (C=O) groups excluding carboxylic acids is 2. The Morgan fingerprint density at radius 1 is 1.25 bits per heavy atom. The van der Waals surface area contributed by atoms with Gasteiger partial charge >= 0.3 is 12.1 Å². The number of hydrogen-bond acceptors (Lipinski definition) is 4. The Balaban J connectivity index is 1.78. The van der Waals surface area contributed by atoms with Crippen LogP contribution in [0.15, 0.2) is 0 Å². The van der Waals surface area contributed by atoms with Crippen molar-refractivity contribution in [1.82, 2.24) is 20.2 Å². The summed E-state index contributed by atoms with van der Waals surface area (Å²) in [5, 5.41) is 3.24. The predicted octanol–water partition coefficient (Wildman–Crippen LogP) is 0.647. The van der Waals surface area contributed by atoms with Crippen LogP contribution in [0.4, 0.5) is 17.7 Å². The van der Waals surface area contributed by atoms with Crippen molar-refractivity contribution in [2.24, 2.45) is 0 Å². The zero-order valence-corrected chi connectivity index (χ0v) is 13.3.